The van der Waals surface area contributed by atoms with Gasteiger partial charge in [0, 0.05) is 28.0 Å². The number of halogens is 2. The van der Waals surface area contributed by atoms with Crippen LogP contribution in [0.25, 0.3) is 0 Å². The van der Waals surface area contributed by atoms with E-state index in [2.05, 4.69) is 37.2 Å². The van der Waals surface area contributed by atoms with Crippen LogP contribution in [0.4, 0.5) is 5.69 Å². The van der Waals surface area contributed by atoms with Crippen molar-refractivity contribution in [2.24, 2.45) is 0 Å². The molecule has 7 nitrogen and oxygen atoms in total. The van der Waals surface area contributed by atoms with Crippen LogP contribution in [-0.4, -0.2) is 43.8 Å². The molecule has 0 aliphatic carbocycles. The zero-order valence-corrected chi connectivity index (χ0v) is 27.8. The van der Waals surface area contributed by atoms with E-state index in [1.807, 2.05) is 68.4 Å². The van der Waals surface area contributed by atoms with Crippen molar-refractivity contribution in [3.05, 3.63) is 129 Å². The van der Waals surface area contributed by atoms with Gasteiger partial charge in [-0.15, -0.1) is 0 Å². The van der Waals surface area contributed by atoms with E-state index >= 15 is 0 Å². The Hall–Kier alpha value is -3.47. The van der Waals surface area contributed by atoms with Gasteiger partial charge in [-0.2, -0.15) is 0 Å². The van der Waals surface area contributed by atoms with Crippen LogP contribution < -0.4 is 9.62 Å². The summed E-state index contributed by atoms with van der Waals surface area (Å²) in [7, 11) is -4.14. The molecule has 4 aromatic rings. The molecular weight excluding hydrogens is 694 g/mol. The smallest absolute Gasteiger partial charge is 0.264 e. The van der Waals surface area contributed by atoms with E-state index in [0.29, 0.717) is 5.69 Å². The average Bonchev–Trinajstić information content (AvgIpc) is 2.98. The third-order valence-electron chi connectivity index (χ3n) is 6.67. The Morgan fingerprint density at radius 3 is 1.98 bits per heavy atom. The monoisotopic (exact) mass is 725 g/mol. The fourth-order valence-corrected chi connectivity index (χ4v) is 6.77. The van der Waals surface area contributed by atoms with Gasteiger partial charge in [-0.3, -0.25) is 13.9 Å². The van der Waals surface area contributed by atoms with Crippen LogP contribution in [0, 0.1) is 0 Å². The summed E-state index contributed by atoms with van der Waals surface area (Å²) < 4.78 is 30.6. The summed E-state index contributed by atoms with van der Waals surface area (Å²) in [6, 6.07) is 30.6. The van der Waals surface area contributed by atoms with Crippen molar-refractivity contribution >= 4 is 59.4 Å². The highest BCUT2D eigenvalue weighted by molar-refractivity contribution is 9.10. The topological polar surface area (TPSA) is 86.8 Å². The molecule has 4 aromatic carbocycles. The lowest BCUT2D eigenvalue weighted by molar-refractivity contribution is -0.140. The Balaban J connectivity index is 1.79. The van der Waals surface area contributed by atoms with Gasteiger partial charge in [0.1, 0.15) is 12.6 Å². The minimum atomic E-state index is -4.14. The van der Waals surface area contributed by atoms with Gasteiger partial charge >= 0.3 is 0 Å². The number of carbonyl (C=O) groups excluding carboxylic acids is 2. The van der Waals surface area contributed by atoms with Gasteiger partial charge in [0.2, 0.25) is 11.8 Å². The number of carbonyl (C=O) groups is 2. The van der Waals surface area contributed by atoms with Crippen LogP contribution in [0.1, 0.15) is 25.0 Å². The molecular formula is C33H33Br2N3O4S. The minimum Gasteiger partial charge on any atom is -0.352 e. The van der Waals surface area contributed by atoms with Crippen molar-refractivity contribution in [1.29, 1.82) is 0 Å². The normalized spacial score (nSPS) is 12.0. The summed E-state index contributed by atoms with van der Waals surface area (Å²) >= 11 is 6.90. The van der Waals surface area contributed by atoms with E-state index in [0.717, 1.165) is 24.4 Å². The van der Waals surface area contributed by atoms with Gasteiger partial charge in [0.15, 0.2) is 0 Å². The molecule has 0 bridgehead atoms. The fraction of sp³-hybridized carbons (Fsp3) is 0.212. The highest BCUT2D eigenvalue weighted by Gasteiger charge is 2.34. The molecule has 0 saturated heterocycles. The number of sulfonamides is 1. The second-order valence-corrected chi connectivity index (χ2v) is 14.0. The molecule has 0 heterocycles. The summed E-state index contributed by atoms with van der Waals surface area (Å²) in [5, 5.41) is 2.96. The van der Waals surface area contributed by atoms with E-state index in [9.17, 15) is 18.0 Å². The molecule has 2 amide bonds. The highest BCUT2D eigenvalue weighted by Crippen LogP contribution is 2.26. The Bertz CT molecular complexity index is 1630. The van der Waals surface area contributed by atoms with Gasteiger partial charge in [-0.05, 0) is 73.5 Å². The van der Waals surface area contributed by atoms with E-state index in [4.69, 9.17) is 0 Å². The predicted octanol–water partition coefficient (Wildman–Crippen LogP) is 6.57. The second-order valence-electron chi connectivity index (χ2n) is 10.3. The first-order valence-electron chi connectivity index (χ1n) is 13.8. The lowest BCUT2D eigenvalue weighted by Gasteiger charge is -2.34. The highest BCUT2D eigenvalue weighted by atomic mass is 79.9. The Kier molecular flexibility index (Phi) is 11.2. The van der Waals surface area contributed by atoms with Gasteiger partial charge in [0.05, 0.1) is 10.6 Å². The lowest BCUT2D eigenvalue weighted by atomic mass is 10.0. The summed E-state index contributed by atoms with van der Waals surface area (Å²) in [5.41, 5.74) is 1.99. The number of hydrogen-bond donors (Lipinski definition) is 1. The molecule has 0 aliphatic rings. The average molecular weight is 728 g/mol. The Morgan fingerprint density at radius 1 is 0.767 bits per heavy atom. The molecule has 1 N–H and O–H groups in total. The number of amides is 2. The zero-order valence-electron chi connectivity index (χ0n) is 23.9. The zero-order chi connectivity index (χ0) is 31.0. The van der Waals surface area contributed by atoms with Crippen LogP contribution in [-0.2, 0) is 32.6 Å². The van der Waals surface area contributed by atoms with E-state index < -0.39 is 28.5 Å². The van der Waals surface area contributed by atoms with Crippen LogP contribution in [0.2, 0.25) is 0 Å². The summed E-state index contributed by atoms with van der Waals surface area (Å²) in [6.07, 6.45) is 0.253. The number of nitrogens with one attached hydrogen (secondary N) is 1. The van der Waals surface area contributed by atoms with E-state index in [1.54, 1.807) is 42.5 Å². The summed E-state index contributed by atoms with van der Waals surface area (Å²) in [6.45, 7) is 3.31. The third kappa shape index (κ3) is 8.78. The van der Waals surface area contributed by atoms with Crippen molar-refractivity contribution in [2.45, 2.75) is 43.8 Å². The summed E-state index contributed by atoms with van der Waals surface area (Å²) in [5.74, 6) is -0.828. The molecule has 4 rings (SSSR count). The first-order chi connectivity index (χ1) is 20.5. The number of anilines is 1. The third-order valence-corrected chi connectivity index (χ3v) is 9.48. The van der Waals surface area contributed by atoms with Crippen LogP contribution in [0.3, 0.4) is 0 Å². The molecule has 43 heavy (non-hydrogen) atoms. The maximum absolute atomic E-state index is 14.4. The van der Waals surface area contributed by atoms with Gasteiger partial charge < -0.3 is 10.2 Å². The van der Waals surface area contributed by atoms with Crippen molar-refractivity contribution in [3.63, 3.8) is 0 Å². The molecule has 10 heteroatoms. The SMILES string of the molecule is CC(C)NC(=O)[C@@H](Cc1ccccc1)N(Cc1cccc(Br)c1)C(=O)CN(c1ccc(Br)cc1)S(=O)(=O)c1ccccc1. The van der Waals surface area contributed by atoms with Crippen molar-refractivity contribution in [2.75, 3.05) is 10.8 Å². The van der Waals surface area contributed by atoms with Gasteiger partial charge in [0.25, 0.3) is 10.0 Å². The fourth-order valence-electron chi connectivity index (χ4n) is 4.62. The van der Waals surface area contributed by atoms with Crippen LogP contribution in [0.15, 0.2) is 123 Å². The molecule has 0 spiro atoms. The Labute approximate surface area is 270 Å². The number of nitrogens with zero attached hydrogens (tertiary/aromatic N) is 2. The first kappa shape index (κ1) is 32.4. The molecule has 0 radical (unpaired) electrons. The number of rotatable bonds is 12. The molecule has 0 unspecified atom stereocenters. The summed E-state index contributed by atoms with van der Waals surface area (Å²) in [4.78, 5) is 29.7. The second kappa shape index (κ2) is 14.8. The van der Waals surface area contributed by atoms with Crippen LogP contribution >= 0.6 is 31.9 Å². The first-order valence-corrected chi connectivity index (χ1v) is 16.8. The maximum atomic E-state index is 14.4. The molecule has 0 aromatic heterocycles. The largest absolute Gasteiger partial charge is 0.352 e. The quantitative estimate of drug-likeness (QED) is 0.179. The van der Waals surface area contributed by atoms with Gasteiger partial charge in [-0.25, -0.2) is 8.42 Å². The molecule has 1 atom stereocenters. The van der Waals surface area contributed by atoms with Gasteiger partial charge in [-0.1, -0.05) is 92.5 Å². The lowest BCUT2D eigenvalue weighted by Crippen LogP contribution is -2.54. The van der Waals surface area contributed by atoms with Crippen molar-refractivity contribution < 1.29 is 18.0 Å². The Morgan fingerprint density at radius 2 is 1.37 bits per heavy atom. The minimum absolute atomic E-state index is 0.0580. The number of benzene rings is 4. The van der Waals surface area contributed by atoms with Crippen LogP contribution in [0.5, 0.6) is 0 Å². The number of hydrogen-bond acceptors (Lipinski definition) is 4. The molecule has 0 aliphatic heterocycles. The van der Waals surface area contributed by atoms with E-state index in [1.165, 1.54) is 17.0 Å². The molecule has 224 valence electrons. The maximum Gasteiger partial charge on any atom is 0.264 e. The standard InChI is InChI=1S/C33H33Br2N3O4S/c1-24(2)36-33(40)31(21-25-10-5-3-6-11-25)37(22-26-12-9-13-28(35)20-26)32(39)23-38(29-18-16-27(34)17-19-29)43(41,42)30-14-7-4-8-15-30/h3-20,24,31H,21-23H2,1-2H3,(H,36,40)/t31-/m1/s1. The van der Waals surface area contributed by atoms with Crippen molar-refractivity contribution in [1.82, 2.24) is 10.2 Å². The predicted molar refractivity (Wildman–Crippen MR) is 177 cm³/mol. The van der Waals surface area contributed by atoms with Crippen molar-refractivity contribution in [3.8, 4) is 0 Å². The molecule has 0 saturated carbocycles. The van der Waals surface area contributed by atoms with E-state index in [-0.39, 0.29) is 29.8 Å². The molecule has 0 fully saturated rings.